The van der Waals surface area contributed by atoms with Crippen LogP contribution < -0.4 is 10.6 Å². The van der Waals surface area contributed by atoms with E-state index in [2.05, 4.69) is 20.6 Å². The number of fused-ring (bicyclic) bond motifs is 1. The van der Waals surface area contributed by atoms with Crippen LogP contribution in [0, 0.1) is 5.92 Å². The van der Waals surface area contributed by atoms with Gasteiger partial charge in [-0.15, -0.1) is 0 Å². The van der Waals surface area contributed by atoms with Crippen LogP contribution in [0.1, 0.15) is 25.1 Å². The maximum absolute atomic E-state index is 12.6. The number of hydrogen-bond donors (Lipinski definition) is 3. The van der Waals surface area contributed by atoms with Gasteiger partial charge in [-0.1, -0.05) is 0 Å². The summed E-state index contributed by atoms with van der Waals surface area (Å²) < 4.78 is 30.4. The standard InChI is InChI=1S/C15H18F2N4O2/c1-23-7-12(8-2-3-8)21-15(22)18-9-4-5-10-11(6-9)20-14(19-10)13(16)17/h4-6,8,12-13H,2-3,7H2,1H3,(H,19,20)(H2,18,21,22). The summed E-state index contributed by atoms with van der Waals surface area (Å²) in [5.74, 6) is 0.0832. The number of benzene rings is 1. The van der Waals surface area contributed by atoms with Crippen LogP contribution in [0.2, 0.25) is 0 Å². The molecule has 124 valence electrons. The molecule has 0 bridgehead atoms. The van der Waals surface area contributed by atoms with E-state index in [1.807, 2.05) is 0 Å². The molecule has 3 rings (SSSR count). The maximum Gasteiger partial charge on any atom is 0.319 e. The second-order valence-electron chi connectivity index (χ2n) is 5.65. The van der Waals surface area contributed by atoms with Crippen LogP contribution in [0.3, 0.4) is 0 Å². The summed E-state index contributed by atoms with van der Waals surface area (Å²) >= 11 is 0. The Morgan fingerprint density at radius 2 is 2.26 bits per heavy atom. The number of nitrogens with one attached hydrogen (secondary N) is 3. The maximum atomic E-state index is 12.6. The van der Waals surface area contributed by atoms with E-state index < -0.39 is 6.43 Å². The lowest BCUT2D eigenvalue weighted by Gasteiger charge is -2.17. The van der Waals surface area contributed by atoms with Gasteiger partial charge in [0, 0.05) is 12.8 Å². The van der Waals surface area contributed by atoms with E-state index in [1.54, 1.807) is 25.3 Å². The molecule has 3 N–H and O–H groups in total. The summed E-state index contributed by atoms with van der Waals surface area (Å²) in [6, 6.07) is 4.44. The molecule has 23 heavy (non-hydrogen) atoms. The molecule has 1 aliphatic rings. The van der Waals surface area contributed by atoms with E-state index >= 15 is 0 Å². The number of rotatable bonds is 6. The second-order valence-corrected chi connectivity index (χ2v) is 5.65. The van der Waals surface area contributed by atoms with Gasteiger partial charge in [-0.05, 0) is 37.0 Å². The highest BCUT2D eigenvalue weighted by Crippen LogP contribution is 2.32. The average Bonchev–Trinajstić information content (AvgIpc) is 3.25. The number of carbonyl (C=O) groups excluding carboxylic acids is 1. The van der Waals surface area contributed by atoms with E-state index in [-0.39, 0.29) is 17.9 Å². The molecule has 0 radical (unpaired) electrons. The third-order valence-electron chi connectivity index (χ3n) is 3.82. The fourth-order valence-electron chi connectivity index (χ4n) is 2.52. The highest BCUT2D eigenvalue weighted by atomic mass is 19.3. The molecule has 1 unspecified atom stereocenters. The van der Waals surface area contributed by atoms with Gasteiger partial charge in [0.05, 0.1) is 23.7 Å². The summed E-state index contributed by atoms with van der Waals surface area (Å²) in [7, 11) is 1.60. The Bertz CT molecular complexity index is 700. The van der Waals surface area contributed by atoms with Crippen molar-refractivity contribution in [3.63, 3.8) is 0 Å². The second kappa shape index (κ2) is 6.49. The van der Waals surface area contributed by atoms with Crippen molar-refractivity contribution in [2.45, 2.75) is 25.3 Å². The van der Waals surface area contributed by atoms with Gasteiger partial charge in [0.25, 0.3) is 6.43 Å². The molecule has 1 aromatic carbocycles. The molecule has 1 aromatic heterocycles. The van der Waals surface area contributed by atoms with Crippen molar-refractivity contribution in [3.8, 4) is 0 Å². The quantitative estimate of drug-likeness (QED) is 0.764. The lowest BCUT2D eigenvalue weighted by molar-refractivity contribution is 0.142. The van der Waals surface area contributed by atoms with Gasteiger partial charge in [-0.25, -0.2) is 18.6 Å². The molecular formula is C15H18F2N4O2. The Hall–Kier alpha value is -2.22. The van der Waals surface area contributed by atoms with Gasteiger partial charge in [0.2, 0.25) is 0 Å². The van der Waals surface area contributed by atoms with Gasteiger partial charge >= 0.3 is 6.03 Å². The number of aromatic amines is 1. The van der Waals surface area contributed by atoms with Gasteiger partial charge in [0.1, 0.15) is 0 Å². The number of alkyl halides is 2. The number of methoxy groups -OCH3 is 1. The molecule has 1 aliphatic carbocycles. The number of aromatic nitrogens is 2. The molecule has 0 saturated heterocycles. The zero-order valence-electron chi connectivity index (χ0n) is 12.6. The van der Waals surface area contributed by atoms with Gasteiger partial charge < -0.3 is 20.4 Å². The molecule has 0 aliphatic heterocycles. The number of ether oxygens (including phenoxy) is 1. The molecule has 1 fully saturated rings. The van der Waals surface area contributed by atoms with E-state index in [0.29, 0.717) is 29.2 Å². The first-order valence-electron chi connectivity index (χ1n) is 7.41. The number of nitrogens with zero attached hydrogens (tertiary/aromatic N) is 1. The Balaban J connectivity index is 1.66. The van der Waals surface area contributed by atoms with Crippen molar-refractivity contribution in [3.05, 3.63) is 24.0 Å². The number of amides is 2. The lowest BCUT2D eigenvalue weighted by Crippen LogP contribution is -2.42. The number of carbonyl (C=O) groups is 1. The largest absolute Gasteiger partial charge is 0.383 e. The van der Waals surface area contributed by atoms with E-state index in [0.717, 1.165) is 12.8 Å². The fourth-order valence-corrected chi connectivity index (χ4v) is 2.52. The predicted octanol–water partition coefficient (Wildman–Crippen LogP) is 3.05. The Morgan fingerprint density at radius 1 is 1.48 bits per heavy atom. The zero-order valence-corrected chi connectivity index (χ0v) is 12.6. The van der Waals surface area contributed by atoms with Gasteiger partial charge in [-0.2, -0.15) is 0 Å². The molecule has 6 nitrogen and oxygen atoms in total. The third kappa shape index (κ3) is 3.76. The summed E-state index contributed by atoms with van der Waals surface area (Å²) in [5, 5.41) is 5.58. The molecule has 1 heterocycles. The van der Waals surface area contributed by atoms with Crippen LogP contribution in [0.4, 0.5) is 19.3 Å². The monoisotopic (exact) mass is 324 g/mol. The number of H-pyrrole nitrogens is 1. The van der Waals surface area contributed by atoms with Crippen LogP contribution in [-0.4, -0.2) is 35.8 Å². The topological polar surface area (TPSA) is 79.0 Å². The number of anilines is 1. The summed E-state index contributed by atoms with van der Waals surface area (Å²) in [6.07, 6.45) is -0.481. The van der Waals surface area contributed by atoms with Crippen LogP contribution in [0.5, 0.6) is 0 Å². The van der Waals surface area contributed by atoms with Crippen molar-refractivity contribution in [1.82, 2.24) is 15.3 Å². The smallest absolute Gasteiger partial charge is 0.319 e. The summed E-state index contributed by atoms with van der Waals surface area (Å²) in [4.78, 5) is 18.4. The minimum absolute atomic E-state index is 0.0127. The number of hydrogen-bond acceptors (Lipinski definition) is 3. The molecule has 0 spiro atoms. The number of halogens is 2. The third-order valence-corrected chi connectivity index (χ3v) is 3.82. The lowest BCUT2D eigenvalue weighted by atomic mass is 10.2. The van der Waals surface area contributed by atoms with Gasteiger partial charge in [-0.3, -0.25) is 0 Å². The number of imidazole rings is 1. The molecular weight excluding hydrogens is 306 g/mol. The highest BCUT2D eigenvalue weighted by molar-refractivity contribution is 5.92. The van der Waals surface area contributed by atoms with Crippen molar-refractivity contribution in [2.24, 2.45) is 5.92 Å². The van der Waals surface area contributed by atoms with E-state index in [9.17, 15) is 13.6 Å². The Morgan fingerprint density at radius 3 is 2.91 bits per heavy atom. The van der Waals surface area contributed by atoms with E-state index in [1.165, 1.54) is 0 Å². The normalized spacial score (nSPS) is 15.8. The first kappa shape index (κ1) is 15.7. The van der Waals surface area contributed by atoms with Gasteiger partial charge in [0.15, 0.2) is 5.82 Å². The van der Waals surface area contributed by atoms with E-state index in [4.69, 9.17) is 4.74 Å². The zero-order chi connectivity index (χ0) is 16.4. The van der Waals surface area contributed by atoms with Crippen molar-refractivity contribution in [1.29, 1.82) is 0 Å². The molecule has 1 saturated carbocycles. The highest BCUT2D eigenvalue weighted by Gasteiger charge is 2.32. The van der Waals surface area contributed by atoms with Crippen molar-refractivity contribution < 1.29 is 18.3 Å². The minimum atomic E-state index is -2.66. The first-order valence-corrected chi connectivity index (χ1v) is 7.41. The summed E-state index contributed by atoms with van der Waals surface area (Å²) in [5.41, 5.74) is 1.39. The molecule has 2 aromatic rings. The molecule has 2 amide bonds. The van der Waals surface area contributed by atoms with Crippen LogP contribution in [-0.2, 0) is 4.74 Å². The minimum Gasteiger partial charge on any atom is -0.383 e. The average molecular weight is 324 g/mol. The first-order chi connectivity index (χ1) is 11.1. The van der Waals surface area contributed by atoms with Crippen molar-refractivity contribution >= 4 is 22.8 Å². The predicted molar refractivity (Wildman–Crippen MR) is 81.6 cm³/mol. The van der Waals surface area contributed by atoms with Crippen LogP contribution in [0.15, 0.2) is 18.2 Å². The number of urea groups is 1. The van der Waals surface area contributed by atoms with Crippen LogP contribution in [0.25, 0.3) is 11.0 Å². The molecule has 8 heteroatoms. The molecule has 1 atom stereocenters. The SMILES string of the molecule is COCC(NC(=O)Nc1ccc2nc(C(F)F)[nH]c2c1)C1CC1. The Labute approximate surface area is 131 Å². The Kier molecular flexibility index (Phi) is 4.42. The van der Waals surface area contributed by atoms with Crippen LogP contribution >= 0.6 is 0 Å². The van der Waals surface area contributed by atoms with Crippen molar-refractivity contribution in [2.75, 3.05) is 19.0 Å². The fraction of sp³-hybridized carbons (Fsp3) is 0.467. The summed E-state index contributed by atoms with van der Waals surface area (Å²) in [6.45, 7) is 0.468.